The van der Waals surface area contributed by atoms with E-state index in [1.165, 1.54) is 6.08 Å². The van der Waals surface area contributed by atoms with Crippen LogP contribution in [-0.2, 0) is 10.1 Å². The Balaban J connectivity index is 0.000000218. The van der Waals surface area contributed by atoms with E-state index >= 15 is 0 Å². The fraction of sp³-hybridized carbons (Fsp3) is 0. The summed E-state index contributed by atoms with van der Waals surface area (Å²) in [7, 11) is -4.00. The van der Waals surface area contributed by atoms with Gasteiger partial charge in [0.05, 0.1) is 5.41 Å². The molecule has 0 spiro atoms. The number of benzene rings is 2. The molecule has 0 aromatic heterocycles. The van der Waals surface area contributed by atoms with E-state index in [0.29, 0.717) is 0 Å². The molecule has 0 radical (unpaired) electrons. The van der Waals surface area contributed by atoms with E-state index < -0.39 is 10.1 Å². The lowest BCUT2D eigenvalue weighted by Gasteiger charge is -1.89. The Labute approximate surface area is 113 Å². The SMILES string of the molecule is Nc1ccccc1.O=S(=O)(O)C=Cc1ccccc1. The average molecular weight is 277 g/mol. The summed E-state index contributed by atoms with van der Waals surface area (Å²) in [4.78, 5) is 0. The summed E-state index contributed by atoms with van der Waals surface area (Å²) in [5.74, 6) is 0. The van der Waals surface area contributed by atoms with Crippen LogP contribution in [0.25, 0.3) is 6.08 Å². The van der Waals surface area contributed by atoms with Crippen LogP contribution in [0.4, 0.5) is 5.69 Å². The zero-order chi connectivity index (χ0) is 14.1. The highest BCUT2D eigenvalue weighted by molar-refractivity contribution is 7.88. The number of hydrogen-bond donors (Lipinski definition) is 2. The first-order chi connectivity index (χ1) is 8.97. The molecule has 0 saturated carbocycles. The minimum absolute atomic E-state index is 0.732. The number of hydrogen-bond acceptors (Lipinski definition) is 3. The Bertz CT molecular complexity index is 608. The first-order valence-corrected chi connectivity index (χ1v) is 6.99. The molecule has 2 aromatic carbocycles. The molecule has 0 unspecified atom stereocenters. The molecule has 0 amide bonds. The molecular formula is C14H15NO3S. The van der Waals surface area contributed by atoms with Crippen LogP contribution in [0, 0.1) is 0 Å². The smallest absolute Gasteiger partial charge is 0.287 e. The molecule has 4 nitrogen and oxygen atoms in total. The Morgan fingerprint density at radius 1 is 0.895 bits per heavy atom. The molecule has 2 aromatic rings. The van der Waals surface area contributed by atoms with E-state index in [2.05, 4.69) is 0 Å². The number of para-hydroxylation sites is 1. The highest BCUT2D eigenvalue weighted by atomic mass is 32.2. The third kappa shape index (κ3) is 7.75. The number of anilines is 1. The van der Waals surface area contributed by atoms with Crippen LogP contribution in [0.5, 0.6) is 0 Å². The molecule has 0 aliphatic carbocycles. The van der Waals surface area contributed by atoms with Gasteiger partial charge in [0.2, 0.25) is 0 Å². The third-order valence-electron chi connectivity index (χ3n) is 2.03. The summed E-state index contributed by atoms with van der Waals surface area (Å²) in [5, 5.41) is 0.752. The van der Waals surface area contributed by atoms with Crippen LogP contribution in [0.3, 0.4) is 0 Å². The van der Waals surface area contributed by atoms with Crippen molar-refractivity contribution in [1.82, 2.24) is 0 Å². The van der Waals surface area contributed by atoms with Gasteiger partial charge in [0, 0.05) is 5.69 Å². The van der Waals surface area contributed by atoms with Crippen LogP contribution >= 0.6 is 0 Å². The van der Waals surface area contributed by atoms with E-state index in [4.69, 9.17) is 10.3 Å². The first kappa shape index (κ1) is 14.9. The van der Waals surface area contributed by atoms with Crippen LogP contribution < -0.4 is 5.73 Å². The Hall–Kier alpha value is -2.11. The Morgan fingerprint density at radius 2 is 1.37 bits per heavy atom. The standard InChI is InChI=1S/C8H8O3S.C6H7N/c9-12(10,11)7-6-8-4-2-1-3-5-8;7-6-4-2-1-3-5-6/h1-7H,(H,9,10,11);1-5H,7H2. The molecular weight excluding hydrogens is 262 g/mol. The van der Waals surface area contributed by atoms with Gasteiger partial charge in [0.25, 0.3) is 10.1 Å². The second-order valence-corrected chi connectivity index (χ2v) is 4.94. The van der Waals surface area contributed by atoms with Gasteiger partial charge in [-0.05, 0) is 23.8 Å². The van der Waals surface area contributed by atoms with Gasteiger partial charge in [-0.3, -0.25) is 4.55 Å². The molecule has 2 rings (SSSR count). The fourth-order valence-electron chi connectivity index (χ4n) is 1.18. The highest BCUT2D eigenvalue weighted by Crippen LogP contribution is 2.01. The summed E-state index contributed by atoms with van der Waals surface area (Å²) in [6.07, 6.45) is 1.33. The lowest BCUT2D eigenvalue weighted by Crippen LogP contribution is -1.88. The van der Waals surface area contributed by atoms with Gasteiger partial charge < -0.3 is 5.73 Å². The lowest BCUT2D eigenvalue weighted by molar-refractivity contribution is 0.494. The zero-order valence-corrected chi connectivity index (χ0v) is 11.0. The van der Waals surface area contributed by atoms with Crippen molar-refractivity contribution in [3.8, 4) is 0 Å². The maximum absolute atomic E-state index is 10.3. The molecule has 100 valence electrons. The second kappa shape index (κ2) is 7.35. The quantitative estimate of drug-likeness (QED) is 0.653. The maximum atomic E-state index is 10.3. The average Bonchev–Trinajstić information content (AvgIpc) is 2.39. The molecule has 0 bridgehead atoms. The van der Waals surface area contributed by atoms with Crippen LogP contribution in [0.1, 0.15) is 5.56 Å². The van der Waals surface area contributed by atoms with Gasteiger partial charge in [-0.2, -0.15) is 8.42 Å². The number of rotatable bonds is 2. The molecule has 0 heterocycles. The van der Waals surface area contributed by atoms with E-state index in [0.717, 1.165) is 16.7 Å². The number of nitrogens with two attached hydrogens (primary N) is 1. The maximum Gasteiger partial charge on any atom is 0.287 e. The van der Waals surface area contributed by atoms with Crippen molar-refractivity contribution in [2.75, 3.05) is 5.73 Å². The van der Waals surface area contributed by atoms with Crippen molar-refractivity contribution < 1.29 is 13.0 Å². The molecule has 0 aliphatic rings. The molecule has 5 heteroatoms. The normalized spacial score (nSPS) is 10.8. The van der Waals surface area contributed by atoms with Crippen molar-refractivity contribution >= 4 is 21.9 Å². The summed E-state index contributed by atoms with van der Waals surface area (Å²) in [5.41, 5.74) is 6.91. The number of nitrogen functional groups attached to an aromatic ring is 1. The van der Waals surface area contributed by atoms with Crippen molar-refractivity contribution in [2.24, 2.45) is 0 Å². The van der Waals surface area contributed by atoms with E-state index in [9.17, 15) is 8.42 Å². The predicted molar refractivity (Wildman–Crippen MR) is 77.9 cm³/mol. The molecule has 0 atom stereocenters. The lowest BCUT2D eigenvalue weighted by atomic mass is 10.2. The van der Waals surface area contributed by atoms with E-state index in [1.54, 1.807) is 24.3 Å². The topological polar surface area (TPSA) is 80.4 Å². The minimum atomic E-state index is -4.00. The van der Waals surface area contributed by atoms with Crippen LogP contribution in [0.15, 0.2) is 66.1 Å². The fourth-order valence-corrected chi connectivity index (χ4v) is 1.51. The summed E-state index contributed by atoms with van der Waals surface area (Å²) >= 11 is 0. The Morgan fingerprint density at radius 3 is 1.74 bits per heavy atom. The van der Waals surface area contributed by atoms with Gasteiger partial charge in [0.1, 0.15) is 0 Å². The van der Waals surface area contributed by atoms with Crippen LogP contribution in [0.2, 0.25) is 0 Å². The van der Waals surface area contributed by atoms with Crippen LogP contribution in [-0.4, -0.2) is 13.0 Å². The van der Waals surface area contributed by atoms with Gasteiger partial charge in [-0.1, -0.05) is 48.5 Å². The van der Waals surface area contributed by atoms with Gasteiger partial charge >= 0.3 is 0 Å². The minimum Gasteiger partial charge on any atom is -0.399 e. The van der Waals surface area contributed by atoms with Gasteiger partial charge in [0.15, 0.2) is 0 Å². The van der Waals surface area contributed by atoms with Crippen molar-refractivity contribution in [3.05, 3.63) is 71.6 Å². The molecule has 19 heavy (non-hydrogen) atoms. The molecule has 0 saturated heterocycles. The molecule has 0 aliphatic heterocycles. The predicted octanol–water partition coefficient (Wildman–Crippen LogP) is 2.81. The first-order valence-electron chi connectivity index (χ1n) is 5.48. The zero-order valence-electron chi connectivity index (χ0n) is 10.2. The van der Waals surface area contributed by atoms with Gasteiger partial charge in [-0.15, -0.1) is 0 Å². The van der Waals surface area contributed by atoms with E-state index in [1.807, 2.05) is 36.4 Å². The summed E-state index contributed by atoms with van der Waals surface area (Å²) in [6.45, 7) is 0. The molecule has 3 N–H and O–H groups in total. The van der Waals surface area contributed by atoms with Gasteiger partial charge in [-0.25, -0.2) is 0 Å². The summed E-state index contributed by atoms with van der Waals surface area (Å²) in [6, 6.07) is 18.3. The monoisotopic (exact) mass is 277 g/mol. The van der Waals surface area contributed by atoms with E-state index in [-0.39, 0.29) is 0 Å². The summed E-state index contributed by atoms with van der Waals surface area (Å²) < 4.78 is 28.9. The molecule has 0 fully saturated rings. The van der Waals surface area contributed by atoms with Crippen molar-refractivity contribution in [2.45, 2.75) is 0 Å². The van der Waals surface area contributed by atoms with Crippen molar-refractivity contribution in [1.29, 1.82) is 0 Å². The third-order valence-corrected chi connectivity index (χ3v) is 2.51. The second-order valence-electron chi connectivity index (χ2n) is 3.64. The highest BCUT2D eigenvalue weighted by Gasteiger charge is 1.94. The largest absolute Gasteiger partial charge is 0.399 e. The Kier molecular flexibility index (Phi) is 5.78. The van der Waals surface area contributed by atoms with Crippen molar-refractivity contribution in [3.63, 3.8) is 0 Å².